The monoisotopic (exact) mass is 265 g/mol. The average molecular weight is 266 g/mol. The molecule has 18 heavy (non-hydrogen) atoms. The zero-order valence-electron chi connectivity index (χ0n) is 9.70. The smallest absolute Gasteiger partial charge is 0.123 e. The van der Waals surface area contributed by atoms with Crippen LogP contribution in [0.15, 0.2) is 42.5 Å². The van der Waals surface area contributed by atoms with Gasteiger partial charge in [-0.25, -0.2) is 4.39 Å². The van der Waals surface area contributed by atoms with Crippen LogP contribution >= 0.6 is 11.6 Å². The van der Waals surface area contributed by atoms with Gasteiger partial charge in [0.15, 0.2) is 0 Å². The first-order valence-corrected chi connectivity index (χ1v) is 5.92. The molecule has 0 bridgehead atoms. The van der Waals surface area contributed by atoms with Gasteiger partial charge < -0.3 is 10.5 Å². The Bertz CT molecular complexity index is 528. The fourth-order valence-electron chi connectivity index (χ4n) is 1.62. The summed E-state index contributed by atoms with van der Waals surface area (Å²) in [6.07, 6.45) is 0. The SMILES string of the molecule is NCc1ccc(F)cc1COc1ccc(Cl)cc1. The van der Waals surface area contributed by atoms with E-state index in [0.717, 1.165) is 11.1 Å². The first-order chi connectivity index (χ1) is 8.69. The molecule has 0 aliphatic carbocycles. The van der Waals surface area contributed by atoms with E-state index in [4.69, 9.17) is 22.1 Å². The zero-order valence-corrected chi connectivity index (χ0v) is 10.5. The fourth-order valence-corrected chi connectivity index (χ4v) is 1.75. The molecule has 0 aromatic heterocycles. The lowest BCUT2D eigenvalue weighted by molar-refractivity contribution is 0.304. The Morgan fingerprint density at radius 2 is 1.78 bits per heavy atom. The average Bonchev–Trinajstić information content (AvgIpc) is 2.38. The maximum atomic E-state index is 13.1. The summed E-state index contributed by atoms with van der Waals surface area (Å²) in [5, 5.41) is 0.649. The summed E-state index contributed by atoms with van der Waals surface area (Å²) < 4.78 is 18.7. The highest BCUT2D eigenvalue weighted by Gasteiger charge is 2.04. The van der Waals surface area contributed by atoms with Crippen molar-refractivity contribution >= 4 is 11.6 Å². The van der Waals surface area contributed by atoms with Gasteiger partial charge in [0, 0.05) is 11.6 Å². The van der Waals surface area contributed by atoms with Gasteiger partial charge in [-0.3, -0.25) is 0 Å². The molecule has 2 rings (SSSR count). The molecule has 0 unspecified atom stereocenters. The predicted octanol–water partition coefficient (Wildman–Crippen LogP) is 3.52. The van der Waals surface area contributed by atoms with Gasteiger partial charge in [0.25, 0.3) is 0 Å². The van der Waals surface area contributed by atoms with Crippen molar-refractivity contribution in [1.29, 1.82) is 0 Å². The molecule has 0 aliphatic heterocycles. The molecule has 0 fully saturated rings. The summed E-state index contributed by atoms with van der Waals surface area (Å²) in [5.74, 6) is 0.397. The van der Waals surface area contributed by atoms with E-state index in [-0.39, 0.29) is 12.4 Å². The summed E-state index contributed by atoms with van der Waals surface area (Å²) in [5.41, 5.74) is 7.23. The number of hydrogen-bond acceptors (Lipinski definition) is 2. The molecule has 0 atom stereocenters. The van der Waals surface area contributed by atoms with E-state index in [1.54, 1.807) is 30.3 Å². The second kappa shape index (κ2) is 5.85. The summed E-state index contributed by atoms with van der Waals surface area (Å²) >= 11 is 5.78. The molecule has 4 heteroatoms. The molecule has 0 spiro atoms. The lowest BCUT2D eigenvalue weighted by Gasteiger charge is -2.10. The van der Waals surface area contributed by atoms with E-state index in [2.05, 4.69) is 0 Å². The molecule has 0 saturated carbocycles. The van der Waals surface area contributed by atoms with Crippen molar-refractivity contribution in [2.24, 2.45) is 5.73 Å². The van der Waals surface area contributed by atoms with E-state index in [0.29, 0.717) is 17.3 Å². The van der Waals surface area contributed by atoms with Crippen molar-refractivity contribution in [3.05, 3.63) is 64.4 Å². The Morgan fingerprint density at radius 3 is 2.44 bits per heavy atom. The number of nitrogens with two attached hydrogens (primary N) is 1. The maximum absolute atomic E-state index is 13.1. The van der Waals surface area contributed by atoms with Crippen LogP contribution in [0.25, 0.3) is 0 Å². The van der Waals surface area contributed by atoms with Crippen molar-refractivity contribution in [3.8, 4) is 5.75 Å². The zero-order chi connectivity index (χ0) is 13.0. The van der Waals surface area contributed by atoms with E-state index in [1.165, 1.54) is 12.1 Å². The number of halogens is 2. The molecule has 2 nitrogen and oxygen atoms in total. The third-order valence-corrected chi connectivity index (χ3v) is 2.85. The van der Waals surface area contributed by atoms with Crippen LogP contribution in [0, 0.1) is 5.82 Å². The van der Waals surface area contributed by atoms with E-state index in [1.807, 2.05) is 0 Å². The third kappa shape index (κ3) is 3.22. The minimum absolute atomic E-state index is 0.284. The molecule has 0 amide bonds. The van der Waals surface area contributed by atoms with Gasteiger partial charge in [-0.15, -0.1) is 0 Å². The second-order valence-corrected chi connectivity index (χ2v) is 4.30. The molecule has 0 saturated heterocycles. The standard InChI is InChI=1S/C14H13ClFNO/c15-12-2-5-14(6-3-12)18-9-11-7-13(16)4-1-10(11)8-17/h1-7H,8-9,17H2. The Labute approximate surface area is 110 Å². The first-order valence-electron chi connectivity index (χ1n) is 5.55. The van der Waals surface area contributed by atoms with Gasteiger partial charge in [-0.2, -0.15) is 0 Å². The summed E-state index contributed by atoms with van der Waals surface area (Å²) in [7, 11) is 0. The van der Waals surface area contributed by atoms with Gasteiger partial charge in [0.05, 0.1) is 0 Å². The van der Waals surface area contributed by atoms with Gasteiger partial charge in [0.1, 0.15) is 18.2 Å². The Kier molecular flexibility index (Phi) is 4.18. The second-order valence-electron chi connectivity index (χ2n) is 3.86. The van der Waals surface area contributed by atoms with E-state index < -0.39 is 0 Å². The minimum Gasteiger partial charge on any atom is -0.489 e. The van der Waals surface area contributed by atoms with Gasteiger partial charge in [-0.1, -0.05) is 17.7 Å². The van der Waals surface area contributed by atoms with Crippen LogP contribution in [-0.4, -0.2) is 0 Å². The number of ether oxygens (including phenoxy) is 1. The van der Waals surface area contributed by atoms with Gasteiger partial charge in [0.2, 0.25) is 0 Å². The van der Waals surface area contributed by atoms with Gasteiger partial charge >= 0.3 is 0 Å². The largest absolute Gasteiger partial charge is 0.489 e. The number of hydrogen-bond donors (Lipinski definition) is 1. The topological polar surface area (TPSA) is 35.2 Å². The van der Waals surface area contributed by atoms with Crippen LogP contribution in [0.3, 0.4) is 0 Å². The molecular weight excluding hydrogens is 253 g/mol. The fraction of sp³-hybridized carbons (Fsp3) is 0.143. The maximum Gasteiger partial charge on any atom is 0.123 e. The van der Waals surface area contributed by atoms with Crippen LogP contribution < -0.4 is 10.5 Å². The molecule has 2 aromatic carbocycles. The summed E-state index contributed by atoms with van der Waals surface area (Å²) in [6, 6.07) is 11.5. The van der Waals surface area contributed by atoms with Gasteiger partial charge in [-0.05, 0) is 47.5 Å². The minimum atomic E-state index is -0.290. The summed E-state index contributed by atoms with van der Waals surface area (Å²) in [6.45, 7) is 0.644. The highest BCUT2D eigenvalue weighted by atomic mass is 35.5. The van der Waals surface area contributed by atoms with Crippen molar-refractivity contribution in [2.45, 2.75) is 13.2 Å². The van der Waals surface area contributed by atoms with E-state index >= 15 is 0 Å². The molecule has 2 N–H and O–H groups in total. The number of benzene rings is 2. The molecule has 2 aromatic rings. The molecule has 0 aliphatic rings. The lowest BCUT2D eigenvalue weighted by Crippen LogP contribution is -2.05. The highest BCUT2D eigenvalue weighted by molar-refractivity contribution is 6.30. The van der Waals surface area contributed by atoms with Crippen molar-refractivity contribution in [1.82, 2.24) is 0 Å². The van der Waals surface area contributed by atoms with E-state index in [9.17, 15) is 4.39 Å². The van der Waals surface area contributed by atoms with Crippen molar-refractivity contribution < 1.29 is 9.13 Å². The molecular formula is C14H13ClFNO. The lowest BCUT2D eigenvalue weighted by atomic mass is 10.1. The summed E-state index contributed by atoms with van der Waals surface area (Å²) in [4.78, 5) is 0. The highest BCUT2D eigenvalue weighted by Crippen LogP contribution is 2.18. The third-order valence-electron chi connectivity index (χ3n) is 2.60. The van der Waals surface area contributed by atoms with Crippen LogP contribution in [0.1, 0.15) is 11.1 Å². The van der Waals surface area contributed by atoms with Crippen molar-refractivity contribution in [2.75, 3.05) is 0 Å². The first kappa shape index (κ1) is 12.9. The Morgan fingerprint density at radius 1 is 1.06 bits per heavy atom. The Balaban J connectivity index is 2.09. The normalized spacial score (nSPS) is 10.4. The molecule has 94 valence electrons. The molecule has 0 radical (unpaired) electrons. The van der Waals surface area contributed by atoms with Crippen molar-refractivity contribution in [3.63, 3.8) is 0 Å². The predicted molar refractivity (Wildman–Crippen MR) is 70.1 cm³/mol. The van der Waals surface area contributed by atoms with Crippen LogP contribution in [0.4, 0.5) is 4.39 Å². The van der Waals surface area contributed by atoms with Crippen LogP contribution in [0.5, 0.6) is 5.75 Å². The molecule has 0 heterocycles. The number of rotatable bonds is 4. The quantitative estimate of drug-likeness (QED) is 0.918. The van der Waals surface area contributed by atoms with Crippen LogP contribution in [0.2, 0.25) is 5.02 Å². The Hall–Kier alpha value is -1.58. The van der Waals surface area contributed by atoms with Crippen LogP contribution in [-0.2, 0) is 13.2 Å².